The smallest absolute Gasteiger partial charge is 0.444 e. The zero-order valence-electron chi connectivity index (χ0n) is 18.4. The van der Waals surface area contributed by atoms with Crippen LogP contribution in [0.3, 0.4) is 0 Å². The van der Waals surface area contributed by atoms with Gasteiger partial charge in [0.05, 0.1) is 11.2 Å². The van der Waals surface area contributed by atoms with Crippen LogP contribution in [0.15, 0.2) is 29.7 Å². The number of carbonyl (C=O) groups excluding carboxylic acids is 1. The monoisotopic (exact) mass is 401 g/mol. The lowest BCUT2D eigenvalue weighted by molar-refractivity contribution is 0.00578. The summed E-state index contributed by atoms with van der Waals surface area (Å²) in [6.45, 7) is 13.6. The number of hydrogen-bond donors (Lipinski definition) is 3. The Morgan fingerprint density at radius 3 is 2.14 bits per heavy atom. The molecule has 0 unspecified atom stereocenters. The van der Waals surface area contributed by atoms with E-state index in [9.17, 15) is 4.79 Å². The second-order valence-corrected chi connectivity index (χ2v) is 9.20. The van der Waals surface area contributed by atoms with E-state index in [-0.39, 0.29) is 12.4 Å². The molecule has 0 atom stereocenters. The van der Waals surface area contributed by atoms with Gasteiger partial charge in [-0.15, -0.1) is 0 Å². The van der Waals surface area contributed by atoms with Crippen molar-refractivity contribution < 1.29 is 18.8 Å². The van der Waals surface area contributed by atoms with Gasteiger partial charge in [0.15, 0.2) is 0 Å². The molecule has 1 saturated heterocycles. The molecule has 0 saturated carbocycles. The van der Waals surface area contributed by atoms with Gasteiger partial charge in [0.25, 0.3) is 0 Å². The third-order valence-electron chi connectivity index (χ3n) is 4.97. The van der Waals surface area contributed by atoms with Crippen molar-refractivity contribution in [3.05, 3.63) is 40.9 Å². The summed E-state index contributed by atoms with van der Waals surface area (Å²) in [5.41, 5.74) is 6.22. The number of hydrogen-bond acceptors (Lipinski definition) is 5. The molecule has 1 aromatic rings. The fourth-order valence-electron chi connectivity index (χ4n) is 2.66. The number of amides is 1. The van der Waals surface area contributed by atoms with Crippen LogP contribution < -0.4 is 11.1 Å². The standard InChI is InChI=1S/C21H32BN3O4/c1-19(2,3)27-18(26)25-13-16(22-28-20(4,5)21(6,7)29-22)12-14-8-10-15(11-9-14)17(23)24/h8-12H,13H2,1-7H3,(H3,23,24)(H,25,26). The Kier molecular flexibility index (Phi) is 6.50. The van der Waals surface area contributed by atoms with Crippen molar-refractivity contribution in [3.8, 4) is 0 Å². The summed E-state index contributed by atoms with van der Waals surface area (Å²) in [7, 11) is -0.609. The summed E-state index contributed by atoms with van der Waals surface area (Å²) >= 11 is 0. The molecular weight excluding hydrogens is 369 g/mol. The molecule has 1 aromatic carbocycles. The predicted octanol–water partition coefficient (Wildman–Crippen LogP) is 3.51. The first kappa shape index (κ1) is 23.0. The Bertz CT molecular complexity index is 779. The number of nitrogens with one attached hydrogen (secondary N) is 2. The lowest BCUT2D eigenvalue weighted by atomic mass is 9.77. The van der Waals surface area contributed by atoms with E-state index in [4.69, 9.17) is 25.2 Å². The summed E-state index contributed by atoms with van der Waals surface area (Å²) in [5.74, 6) is 0.0123. The number of benzene rings is 1. The molecule has 1 fully saturated rings. The van der Waals surface area contributed by atoms with E-state index in [1.165, 1.54) is 0 Å². The number of rotatable bonds is 5. The average Bonchev–Trinajstić information content (AvgIpc) is 2.78. The van der Waals surface area contributed by atoms with Gasteiger partial charge in [-0.25, -0.2) is 4.79 Å². The van der Waals surface area contributed by atoms with E-state index in [1.54, 1.807) is 12.1 Å². The SMILES string of the molecule is CC(C)(C)OC(=O)NCC(=Cc1ccc(C(=N)N)cc1)B1OC(C)(C)C(C)(C)O1. The van der Waals surface area contributed by atoms with Gasteiger partial charge >= 0.3 is 13.2 Å². The summed E-state index contributed by atoms with van der Waals surface area (Å²) in [5, 5.41) is 10.3. The van der Waals surface area contributed by atoms with Crippen LogP contribution in [0, 0.1) is 5.41 Å². The number of ether oxygens (including phenoxy) is 1. The normalized spacial score (nSPS) is 18.4. The average molecular weight is 401 g/mol. The second-order valence-electron chi connectivity index (χ2n) is 9.20. The minimum atomic E-state index is -0.609. The summed E-state index contributed by atoms with van der Waals surface area (Å²) in [6.07, 6.45) is 1.40. The Hall–Kier alpha value is -2.32. The van der Waals surface area contributed by atoms with Gasteiger partial charge in [-0.05, 0) is 59.5 Å². The molecule has 2 rings (SSSR count). The maximum absolute atomic E-state index is 12.1. The van der Waals surface area contributed by atoms with Crippen LogP contribution in [0.4, 0.5) is 4.79 Å². The summed E-state index contributed by atoms with van der Waals surface area (Å²) < 4.78 is 17.6. The molecule has 1 aliphatic rings. The lowest BCUT2D eigenvalue weighted by Gasteiger charge is -2.32. The molecule has 8 heteroatoms. The van der Waals surface area contributed by atoms with Crippen molar-refractivity contribution in [2.45, 2.75) is 65.3 Å². The van der Waals surface area contributed by atoms with Gasteiger partial charge in [0.2, 0.25) is 0 Å². The van der Waals surface area contributed by atoms with Gasteiger partial charge < -0.3 is 25.1 Å². The first-order valence-corrected chi connectivity index (χ1v) is 9.68. The van der Waals surface area contributed by atoms with E-state index >= 15 is 0 Å². The minimum Gasteiger partial charge on any atom is -0.444 e. The second kappa shape index (κ2) is 8.20. The summed E-state index contributed by atoms with van der Waals surface area (Å²) in [4.78, 5) is 12.1. The molecule has 0 bridgehead atoms. The Balaban J connectivity index is 2.26. The minimum absolute atomic E-state index is 0.0123. The van der Waals surface area contributed by atoms with Crippen LogP contribution in [0.5, 0.6) is 0 Å². The zero-order valence-corrected chi connectivity index (χ0v) is 18.4. The Morgan fingerprint density at radius 2 is 1.69 bits per heavy atom. The van der Waals surface area contributed by atoms with Crippen molar-refractivity contribution in [2.24, 2.45) is 5.73 Å². The van der Waals surface area contributed by atoms with Crippen LogP contribution in [-0.2, 0) is 14.0 Å². The van der Waals surface area contributed by atoms with Crippen molar-refractivity contribution in [1.29, 1.82) is 5.41 Å². The highest BCUT2D eigenvalue weighted by Gasteiger charge is 2.52. The molecule has 158 valence electrons. The molecule has 1 amide bonds. The first-order valence-electron chi connectivity index (χ1n) is 9.68. The van der Waals surface area contributed by atoms with Gasteiger partial charge in [-0.1, -0.05) is 30.3 Å². The zero-order chi connectivity index (χ0) is 22.0. The number of amidine groups is 1. The Labute approximate surface area is 173 Å². The van der Waals surface area contributed by atoms with Crippen LogP contribution >= 0.6 is 0 Å². The largest absolute Gasteiger partial charge is 0.492 e. The van der Waals surface area contributed by atoms with Crippen LogP contribution in [0.2, 0.25) is 0 Å². The fourth-order valence-corrected chi connectivity index (χ4v) is 2.66. The molecular formula is C21H32BN3O4. The van der Waals surface area contributed by atoms with Crippen molar-refractivity contribution in [3.63, 3.8) is 0 Å². The molecule has 0 spiro atoms. The molecule has 1 aliphatic heterocycles. The van der Waals surface area contributed by atoms with Gasteiger partial charge in [-0.3, -0.25) is 5.41 Å². The first-order chi connectivity index (χ1) is 13.2. The van der Waals surface area contributed by atoms with Crippen LogP contribution in [-0.4, -0.2) is 42.4 Å². The third kappa shape index (κ3) is 6.08. The lowest BCUT2D eigenvalue weighted by Crippen LogP contribution is -2.41. The van der Waals surface area contributed by atoms with Gasteiger partial charge in [0.1, 0.15) is 11.4 Å². The van der Waals surface area contributed by atoms with E-state index in [0.717, 1.165) is 11.0 Å². The molecule has 7 nitrogen and oxygen atoms in total. The van der Waals surface area contributed by atoms with Crippen LogP contribution in [0.1, 0.15) is 59.6 Å². The highest BCUT2D eigenvalue weighted by molar-refractivity contribution is 6.56. The fraction of sp³-hybridized carbons (Fsp3) is 0.524. The highest BCUT2D eigenvalue weighted by Crippen LogP contribution is 2.38. The summed E-state index contributed by atoms with van der Waals surface area (Å²) in [6, 6.07) is 7.26. The maximum Gasteiger partial charge on any atom is 0.492 e. The molecule has 0 radical (unpaired) electrons. The number of carbonyl (C=O) groups is 1. The van der Waals surface area contributed by atoms with Crippen molar-refractivity contribution in [2.75, 3.05) is 6.54 Å². The molecule has 1 heterocycles. The molecule has 4 N–H and O–H groups in total. The van der Waals surface area contributed by atoms with E-state index in [1.807, 2.05) is 66.7 Å². The molecule has 0 aromatic heterocycles. The van der Waals surface area contributed by atoms with E-state index in [2.05, 4.69) is 5.32 Å². The van der Waals surface area contributed by atoms with E-state index < -0.39 is 30.0 Å². The topological polar surface area (TPSA) is 107 Å². The quantitative estimate of drug-likeness (QED) is 0.398. The van der Waals surface area contributed by atoms with Crippen molar-refractivity contribution in [1.82, 2.24) is 5.32 Å². The van der Waals surface area contributed by atoms with Crippen molar-refractivity contribution >= 4 is 25.1 Å². The maximum atomic E-state index is 12.1. The van der Waals surface area contributed by atoms with Gasteiger partial charge in [0, 0.05) is 12.1 Å². The number of nitrogen functional groups attached to an aromatic ring is 1. The number of nitrogens with two attached hydrogens (primary N) is 1. The highest BCUT2D eigenvalue weighted by atomic mass is 16.7. The number of alkyl carbamates (subject to hydrolysis) is 1. The van der Waals surface area contributed by atoms with Gasteiger partial charge in [-0.2, -0.15) is 0 Å². The predicted molar refractivity (Wildman–Crippen MR) is 116 cm³/mol. The molecule has 0 aliphatic carbocycles. The molecule has 29 heavy (non-hydrogen) atoms. The third-order valence-corrected chi connectivity index (χ3v) is 4.97. The van der Waals surface area contributed by atoms with E-state index in [0.29, 0.717) is 5.56 Å². The Morgan fingerprint density at radius 1 is 1.17 bits per heavy atom. The van der Waals surface area contributed by atoms with Crippen LogP contribution in [0.25, 0.3) is 6.08 Å².